The van der Waals surface area contributed by atoms with Crippen LogP contribution in [-0.2, 0) is 0 Å². The van der Waals surface area contributed by atoms with Crippen molar-refractivity contribution in [1.29, 1.82) is 0 Å². The van der Waals surface area contributed by atoms with E-state index in [1.807, 2.05) is 48.6 Å². The molecule has 0 radical (unpaired) electrons. The summed E-state index contributed by atoms with van der Waals surface area (Å²) < 4.78 is 6.42. The van der Waals surface area contributed by atoms with E-state index < -0.39 is 0 Å². The van der Waals surface area contributed by atoms with Gasteiger partial charge in [0.05, 0.1) is 0 Å². The number of para-hydroxylation sites is 1. The zero-order valence-corrected chi connectivity index (χ0v) is 16.3. The number of ketones is 1. The Kier molecular flexibility index (Phi) is 5.65. The summed E-state index contributed by atoms with van der Waals surface area (Å²) in [5, 5.41) is 0. The largest absolute Gasteiger partial charge is 0.487 e. The molecule has 3 rings (SSSR count). The van der Waals surface area contributed by atoms with Crippen LogP contribution in [0.25, 0.3) is 12.2 Å². The van der Waals surface area contributed by atoms with Crippen molar-refractivity contribution < 1.29 is 9.53 Å². The Morgan fingerprint density at radius 1 is 1.11 bits per heavy atom. The van der Waals surface area contributed by atoms with Gasteiger partial charge in [-0.25, -0.2) is 0 Å². The number of carbonyl (C=O) groups excluding carboxylic acids is 1. The first-order chi connectivity index (χ1) is 13.0. The normalized spacial score (nSPS) is 22.1. The molecule has 2 aromatic carbocycles. The molecule has 2 heteroatoms. The quantitative estimate of drug-likeness (QED) is 0.538. The van der Waals surface area contributed by atoms with Gasteiger partial charge in [-0.3, -0.25) is 4.79 Å². The lowest BCUT2D eigenvalue weighted by atomic mass is 9.75. The van der Waals surface area contributed by atoms with Crippen molar-refractivity contribution in [3.05, 3.63) is 77.9 Å². The van der Waals surface area contributed by atoms with Crippen molar-refractivity contribution in [2.24, 2.45) is 0 Å². The fraction of sp³-hybridized carbons (Fsp3) is 0.320. The summed E-state index contributed by atoms with van der Waals surface area (Å²) in [6.45, 7) is 11.6. The summed E-state index contributed by atoms with van der Waals surface area (Å²) in [4.78, 5) is 12.1. The molecule has 0 unspecified atom stereocenters. The first kappa shape index (κ1) is 19.2. The molecule has 0 aromatic heterocycles. The smallest absolute Gasteiger partial charge is 0.160 e. The van der Waals surface area contributed by atoms with E-state index in [1.54, 1.807) is 6.92 Å². The van der Waals surface area contributed by atoms with Crippen LogP contribution < -0.4 is 4.74 Å². The third-order valence-corrected chi connectivity index (χ3v) is 5.67. The van der Waals surface area contributed by atoms with Crippen molar-refractivity contribution in [3.8, 4) is 5.75 Å². The van der Waals surface area contributed by atoms with Crippen molar-refractivity contribution >= 4 is 17.9 Å². The van der Waals surface area contributed by atoms with Gasteiger partial charge in [0.1, 0.15) is 11.4 Å². The summed E-state index contributed by atoms with van der Waals surface area (Å²) in [6, 6.07) is 14.1. The molecule has 2 nitrogen and oxygen atoms in total. The molecule has 1 aliphatic rings. The Morgan fingerprint density at radius 2 is 1.81 bits per heavy atom. The third kappa shape index (κ3) is 4.21. The summed E-state index contributed by atoms with van der Waals surface area (Å²) in [5.74, 6) is 1.41. The average molecular weight is 360 g/mol. The van der Waals surface area contributed by atoms with Crippen LogP contribution in [0.2, 0.25) is 0 Å². The van der Waals surface area contributed by atoms with Crippen LogP contribution in [0.3, 0.4) is 0 Å². The molecule has 0 spiro atoms. The van der Waals surface area contributed by atoms with E-state index in [9.17, 15) is 4.79 Å². The van der Waals surface area contributed by atoms with Gasteiger partial charge in [-0.15, -0.1) is 0 Å². The maximum absolute atomic E-state index is 12.1. The molecular weight excluding hydrogens is 332 g/mol. The molecule has 1 aliphatic carbocycles. The Morgan fingerprint density at radius 3 is 2.44 bits per heavy atom. The molecule has 0 amide bonds. The fourth-order valence-corrected chi connectivity index (χ4v) is 4.02. The first-order valence-corrected chi connectivity index (χ1v) is 9.63. The van der Waals surface area contributed by atoms with Gasteiger partial charge in [-0.05, 0) is 62.6 Å². The lowest BCUT2D eigenvalue weighted by Gasteiger charge is -2.38. The van der Waals surface area contributed by atoms with Gasteiger partial charge in [-0.2, -0.15) is 0 Å². The Balaban J connectivity index is 1.78. The van der Waals surface area contributed by atoms with E-state index >= 15 is 0 Å². The van der Waals surface area contributed by atoms with Crippen molar-refractivity contribution in [2.75, 3.05) is 0 Å². The maximum Gasteiger partial charge on any atom is 0.160 e. The zero-order chi connectivity index (χ0) is 19.4. The van der Waals surface area contributed by atoms with Crippen LogP contribution in [0.4, 0.5) is 0 Å². The SMILES string of the molecule is C=Cc1ccc(C(C)=O)c(C2CCC(C)(Oc3ccccc3C=C)CC2)c1. The zero-order valence-electron chi connectivity index (χ0n) is 16.3. The molecular formula is C25H28O2. The van der Waals surface area contributed by atoms with Gasteiger partial charge in [0, 0.05) is 11.1 Å². The molecule has 0 atom stereocenters. The molecule has 1 saturated carbocycles. The Bertz CT molecular complexity index is 854. The monoisotopic (exact) mass is 360 g/mol. The van der Waals surface area contributed by atoms with Gasteiger partial charge in [-0.1, -0.05) is 61.7 Å². The second-order valence-corrected chi connectivity index (χ2v) is 7.68. The maximum atomic E-state index is 12.1. The number of hydrogen-bond acceptors (Lipinski definition) is 2. The Hall–Kier alpha value is -2.61. The molecule has 0 bridgehead atoms. The highest BCUT2D eigenvalue weighted by Crippen LogP contribution is 2.42. The minimum atomic E-state index is -0.192. The number of hydrogen-bond donors (Lipinski definition) is 0. The summed E-state index contributed by atoms with van der Waals surface area (Å²) in [5.41, 5.74) is 3.90. The highest BCUT2D eigenvalue weighted by Gasteiger charge is 2.34. The van der Waals surface area contributed by atoms with E-state index in [1.165, 1.54) is 0 Å². The van der Waals surface area contributed by atoms with Gasteiger partial charge < -0.3 is 4.74 Å². The van der Waals surface area contributed by atoms with E-state index in [2.05, 4.69) is 26.1 Å². The highest BCUT2D eigenvalue weighted by atomic mass is 16.5. The summed E-state index contributed by atoms with van der Waals surface area (Å²) in [7, 11) is 0. The van der Waals surface area contributed by atoms with Crippen molar-refractivity contribution in [2.45, 2.75) is 51.0 Å². The molecule has 0 aliphatic heterocycles. The molecule has 1 fully saturated rings. The predicted molar refractivity (Wildman–Crippen MR) is 113 cm³/mol. The Labute approximate surface area is 162 Å². The number of Topliss-reactive ketones (excluding diaryl/α,β-unsaturated/α-hetero) is 1. The number of ether oxygens (including phenoxy) is 1. The second kappa shape index (κ2) is 7.96. The third-order valence-electron chi connectivity index (χ3n) is 5.67. The minimum Gasteiger partial charge on any atom is -0.487 e. The standard InChI is InChI=1S/C25H28O2/c1-5-19-11-12-22(18(3)26)23(17-19)21-13-15-25(4,16-14-21)27-24-10-8-7-9-20(24)6-2/h5-12,17,21H,1-2,13-16H2,3-4H3. The van der Waals surface area contributed by atoms with E-state index in [0.717, 1.165) is 53.7 Å². The first-order valence-electron chi connectivity index (χ1n) is 9.63. The molecule has 140 valence electrons. The van der Waals surface area contributed by atoms with Crippen LogP contribution in [0.1, 0.15) is 72.5 Å². The number of benzene rings is 2. The molecule has 27 heavy (non-hydrogen) atoms. The summed E-state index contributed by atoms with van der Waals surface area (Å²) in [6.07, 6.45) is 7.61. The van der Waals surface area contributed by atoms with E-state index in [4.69, 9.17) is 4.74 Å². The lowest BCUT2D eigenvalue weighted by Crippen LogP contribution is -2.36. The fourth-order valence-electron chi connectivity index (χ4n) is 4.02. The lowest BCUT2D eigenvalue weighted by molar-refractivity contribution is 0.0425. The van der Waals surface area contributed by atoms with E-state index in [-0.39, 0.29) is 11.4 Å². The molecule has 2 aromatic rings. The summed E-state index contributed by atoms with van der Waals surface area (Å²) >= 11 is 0. The molecule has 0 saturated heterocycles. The highest BCUT2D eigenvalue weighted by molar-refractivity contribution is 5.96. The van der Waals surface area contributed by atoms with Gasteiger partial charge in [0.15, 0.2) is 5.78 Å². The van der Waals surface area contributed by atoms with E-state index in [0.29, 0.717) is 5.92 Å². The average Bonchev–Trinajstić information content (AvgIpc) is 2.68. The van der Waals surface area contributed by atoms with Crippen LogP contribution in [0.5, 0.6) is 5.75 Å². The topological polar surface area (TPSA) is 26.3 Å². The van der Waals surface area contributed by atoms with Gasteiger partial charge in [0.2, 0.25) is 0 Å². The van der Waals surface area contributed by atoms with Crippen LogP contribution in [0.15, 0.2) is 55.6 Å². The van der Waals surface area contributed by atoms with Crippen LogP contribution >= 0.6 is 0 Å². The van der Waals surface area contributed by atoms with Crippen LogP contribution in [0, 0.1) is 0 Å². The van der Waals surface area contributed by atoms with Crippen molar-refractivity contribution in [1.82, 2.24) is 0 Å². The number of carbonyl (C=O) groups is 1. The van der Waals surface area contributed by atoms with Gasteiger partial charge in [0.25, 0.3) is 0 Å². The molecule has 0 heterocycles. The minimum absolute atomic E-state index is 0.130. The number of rotatable bonds is 6. The molecule has 0 N–H and O–H groups in total. The predicted octanol–water partition coefficient (Wildman–Crippen LogP) is 6.67. The van der Waals surface area contributed by atoms with Crippen LogP contribution in [-0.4, -0.2) is 11.4 Å². The van der Waals surface area contributed by atoms with Gasteiger partial charge >= 0.3 is 0 Å². The second-order valence-electron chi connectivity index (χ2n) is 7.68. The van der Waals surface area contributed by atoms with Crippen molar-refractivity contribution in [3.63, 3.8) is 0 Å².